The van der Waals surface area contributed by atoms with Crippen LogP contribution >= 0.6 is 0 Å². The van der Waals surface area contributed by atoms with E-state index in [-0.39, 0.29) is 18.2 Å². The molecule has 0 fully saturated rings. The largest absolute Gasteiger partial charge is 0.418 e. The molecule has 0 saturated heterocycles. The van der Waals surface area contributed by atoms with Crippen molar-refractivity contribution in [1.82, 2.24) is 0 Å². The zero-order valence-corrected chi connectivity index (χ0v) is 10.9. The summed E-state index contributed by atoms with van der Waals surface area (Å²) in [6, 6.07) is 2.46. The molecule has 112 valence electrons. The highest BCUT2D eigenvalue weighted by Gasteiger charge is 2.35. The van der Waals surface area contributed by atoms with E-state index in [0.29, 0.717) is 6.07 Å². The first kappa shape index (κ1) is 16.2. The van der Waals surface area contributed by atoms with E-state index in [1.165, 1.54) is 0 Å². The van der Waals surface area contributed by atoms with Gasteiger partial charge in [-0.2, -0.15) is 13.2 Å². The normalized spacial score (nSPS) is 13.3. The summed E-state index contributed by atoms with van der Waals surface area (Å²) in [5.74, 6) is -0.116. The third kappa shape index (κ3) is 4.09. The van der Waals surface area contributed by atoms with Gasteiger partial charge in [-0.1, -0.05) is 13.8 Å². The molecule has 0 aliphatic heterocycles. The van der Waals surface area contributed by atoms with E-state index in [2.05, 4.69) is 5.32 Å². The van der Waals surface area contributed by atoms with Crippen molar-refractivity contribution in [3.05, 3.63) is 33.9 Å². The highest BCUT2D eigenvalue weighted by atomic mass is 19.4. The first-order chi connectivity index (χ1) is 9.12. The summed E-state index contributed by atoms with van der Waals surface area (Å²) in [5.41, 5.74) is -2.04. The maximum atomic E-state index is 12.8. The fraction of sp³-hybridized carbons (Fsp3) is 0.500. The second-order valence-corrected chi connectivity index (χ2v) is 4.68. The number of alkyl halides is 3. The minimum atomic E-state index is -4.71. The lowest BCUT2D eigenvalue weighted by Crippen LogP contribution is -2.25. The Hall–Kier alpha value is -1.83. The predicted molar refractivity (Wildman–Crippen MR) is 67.4 cm³/mol. The van der Waals surface area contributed by atoms with Crippen molar-refractivity contribution in [1.29, 1.82) is 0 Å². The van der Waals surface area contributed by atoms with Gasteiger partial charge >= 0.3 is 6.18 Å². The molecule has 0 amide bonds. The van der Waals surface area contributed by atoms with Crippen molar-refractivity contribution in [3.63, 3.8) is 0 Å². The van der Waals surface area contributed by atoms with Gasteiger partial charge in [-0.15, -0.1) is 0 Å². The molecule has 0 saturated carbocycles. The van der Waals surface area contributed by atoms with Crippen molar-refractivity contribution in [2.45, 2.75) is 26.1 Å². The molecule has 1 aromatic carbocycles. The van der Waals surface area contributed by atoms with E-state index in [9.17, 15) is 28.4 Å². The quantitative estimate of drug-likeness (QED) is 0.646. The number of nitro groups is 1. The lowest BCUT2D eigenvalue weighted by molar-refractivity contribution is -0.385. The zero-order chi connectivity index (χ0) is 15.5. The average molecular weight is 292 g/mol. The van der Waals surface area contributed by atoms with Crippen LogP contribution in [0, 0.1) is 16.0 Å². The Morgan fingerprint density at radius 1 is 1.40 bits per heavy atom. The molecule has 0 radical (unpaired) electrons. The van der Waals surface area contributed by atoms with Gasteiger partial charge in [0, 0.05) is 24.4 Å². The lowest BCUT2D eigenvalue weighted by atomic mass is 10.1. The van der Waals surface area contributed by atoms with E-state index < -0.39 is 28.5 Å². The van der Waals surface area contributed by atoms with Gasteiger partial charge in [0.1, 0.15) is 0 Å². The number of nitrogens with zero attached hydrogens (tertiary/aromatic N) is 1. The molecule has 5 nitrogen and oxygen atoms in total. The van der Waals surface area contributed by atoms with Crippen molar-refractivity contribution < 1.29 is 23.2 Å². The molecule has 0 aromatic heterocycles. The summed E-state index contributed by atoms with van der Waals surface area (Å²) in [5, 5.41) is 22.6. The predicted octanol–water partition coefficient (Wildman–Crippen LogP) is 3.04. The molecule has 20 heavy (non-hydrogen) atoms. The monoisotopic (exact) mass is 292 g/mol. The smallest absolute Gasteiger partial charge is 0.391 e. The zero-order valence-electron chi connectivity index (χ0n) is 10.9. The summed E-state index contributed by atoms with van der Waals surface area (Å²) >= 11 is 0. The fourth-order valence-corrected chi connectivity index (χ4v) is 1.48. The molecule has 0 spiro atoms. The topological polar surface area (TPSA) is 75.4 Å². The van der Waals surface area contributed by atoms with Crippen LogP contribution in [-0.2, 0) is 6.18 Å². The van der Waals surface area contributed by atoms with Gasteiger partial charge < -0.3 is 10.4 Å². The number of aliphatic hydroxyl groups is 1. The molecule has 0 heterocycles. The molecule has 8 heteroatoms. The number of anilines is 1. The van der Waals surface area contributed by atoms with E-state index in [1.807, 2.05) is 0 Å². The first-order valence-electron chi connectivity index (χ1n) is 5.90. The van der Waals surface area contributed by atoms with Gasteiger partial charge in [-0.05, 0) is 12.0 Å². The Bertz CT molecular complexity index is 489. The molecule has 1 atom stereocenters. The van der Waals surface area contributed by atoms with Crippen LogP contribution in [0.3, 0.4) is 0 Å². The van der Waals surface area contributed by atoms with Gasteiger partial charge in [-0.25, -0.2) is 0 Å². The fourth-order valence-electron chi connectivity index (χ4n) is 1.48. The molecule has 0 bridgehead atoms. The SMILES string of the molecule is CC(C)C(O)CNc1ccc([N+](=O)[O-])cc1C(F)(F)F. The number of benzene rings is 1. The molecular weight excluding hydrogens is 277 g/mol. The van der Waals surface area contributed by atoms with Gasteiger partial charge in [0.15, 0.2) is 0 Å². The Balaban J connectivity index is 3.04. The molecule has 1 aromatic rings. The number of nitro benzene ring substituents is 1. The van der Waals surface area contributed by atoms with Crippen LogP contribution in [0.2, 0.25) is 0 Å². The van der Waals surface area contributed by atoms with Crippen LogP contribution in [-0.4, -0.2) is 22.7 Å². The number of rotatable bonds is 5. The Morgan fingerprint density at radius 2 is 2.00 bits per heavy atom. The highest BCUT2D eigenvalue weighted by Crippen LogP contribution is 2.37. The molecule has 0 aliphatic rings. The second-order valence-electron chi connectivity index (χ2n) is 4.68. The maximum absolute atomic E-state index is 12.8. The van der Waals surface area contributed by atoms with Crippen LogP contribution in [0.4, 0.5) is 24.5 Å². The summed E-state index contributed by atoms with van der Waals surface area (Å²) < 4.78 is 38.5. The van der Waals surface area contributed by atoms with Crippen molar-refractivity contribution in [2.24, 2.45) is 5.92 Å². The van der Waals surface area contributed by atoms with Crippen molar-refractivity contribution in [3.8, 4) is 0 Å². The summed E-state index contributed by atoms with van der Waals surface area (Å²) in [6.45, 7) is 3.39. The number of aliphatic hydroxyl groups excluding tert-OH is 1. The van der Waals surface area contributed by atoms with Crippen LogP contribution in [0.5, 0.6) is 0 Å². The number of hydrogen-bond donors (Lipinski definition) is 2. The second kappa shape index (κ2) is 6.08. The van der Waals surface area contributed by atoms with Gasteiger partial charge in [-0.3, -0.25) is 10.1 Å². The van der Waals surface area contributed by atoms with E-state index in [4.69, 9.17) is 0 Å². The summed E-state index contributed by atoms with van der Waals surface area (Å²) in [4.78, 5) is 9.64. The average Bonchev–Trinajstić information content (AvgIpc) is 2.34. The molecule has 1 rings (SSSR count). The summed E-state index contributed by atoms with van der Waals surface area (Å²) in [6.07, 6.45) is -5.52. The lowest BCUT2D eigenvalue weighted by Gasteiger charge is -2.18. The van der Waals surface area contributed by atoms with Crippen molar-refractivity contribution in [2.75, 3.05) is 11.9 Å². The van der Waals surface area contributed by atoms with E-state index in [0.717, 1.165) is 12.1 Å². The number of hydrogen-bond acceptors (Lipinski definition) is 4. The first-order valence-corrected chi connectivity index (χ1v) is 5.90. The van der Waals surface area contributed by atoms with E-state index in [1.54, 1.807) is 13.8 Å². The van der Waals surface area contributed by atoms with Crippen LogP contribution in [0.15, 0.2) is 18.2 Å². The van der Waals surface area contributed by atoms with E-state index >= 15 is 0 Å². The number of non-ortho nitro benzene ring substituents is 1. The number of halogens is 3. The molecular formula is C12H15F3N2O3. The van der Waals surface area contributed by atoms with Crippen LogP contribution in [0.25, 0.3) is 0 Å². The Labute approximate surface area is 113 Å². The Morgan fingerprint density at radius 3 is 2.45 bits per heavy atom. The van der Waals surface area contributed by atoms with Gasteiger partial charge in [0.2, 0.25) is 0 Å². The maximum Gasteiger partial charge on any atom is 0.418 e. The third-order valence-corrected chi connectivity index (χ3v) is 2.79. The minimum Gasteiger partial charge on any atom is -0.391 e. The third-order valence-electron chi connectivity index (χ3n) is 2.79. The van der Waals surface area contributed by atoms with Crippen LogP contribution < -0.4 is 5.32 Å². The standard InChI is InChI=1S/C12H15F3N2O3/c1-7(2)11(18)6-16-10-4-3-8(17(19)20)5-9(10)12(13,14)15/h3-5,7,11,16,18H,6H2,1-2H3. The molecule has 2 N–H and O–H groups in total. The van der Waals surface area contributed by atoms with Gasteiger partial charge in [0.25, 0.3) is 5.69 Å². The van der Waals surface area contributed by atoms with Crippen molar-refractivity contribution >= 4 is 11.4 Å². The molecule has 1 unspecified atom stereocenters. The minimum absolute atomic E-state index is 0.0709. The Kier molecular flexibility index (Phi) is 4.93. The summed E-state index contributed by atoms with van der Waals surface area (Å²) in [7, 11) is 0. The number of nitrogens with one attached hydrogen (secondary N) is 1. The van der Waals surface area contributed by atoms with Gasteiger partial charge in [0.05, 0.1) is 16.6 Å². The molecule has 0 aliphatic carbocycles. The highest BCUT2D eigenvalue weighted by molar-refractivity contribution is 5.57. The van der Waals surface area contributed by atoms with Crippen LogP contribution in [0.1, 0.15) is 19.4 Å².